The van der Waals surface area contributed by atoms with Gasteiger partial charge in [0.2, 0.25) is 0 Å². The van der Waals surface area contributed by atoms with Crippen molar-refractivity contribution in [1.29, 1.82) is 0 Å². The van der Waals surface area contributed by atoms with Crippen LogP contribution in [0.25, 0.3) is 0 Å². The van der Waals surface area contributed by atoms with Crippen LogP contribution >= 0.6 is 38.5 Å². The summed E-state index contributed by atoms with van der Waals surface area (Å²) in [5, 5.41) is 0. The molecule has 3 heteroatoms. The Morgan fingerprint density at radius 2 is 2.25 bits per heavy atom. The van der Waals surface area contributed by atoms with E-state index in [0.717, 1.165) is 13.0 Å². The summed E-state index contributed by atoms with van der Waals surface area (Å²) in [5.41, 5.74) is 0. The fourth-order valence-corrected chi connectivity index (χ4v) is 2.10. The zero-order valence-electron chi connectivity index (χ0n) is 7.59. The molecule has 0 aliphatic carbocycles. The van der Waals surface area contributed by atoms with Gasteiger partial charge in [-0.25, -0.2) is 0 Å². The first-order chi connectivity index (χ1) is 5.61. The third-order valence-corrected chi connectivity index (χ3v) is 3.58. The van der Waals surface area contributed by atoms with Gasteiger partial charge in [-0.15, -0.1) is 6.58 Å². The van der Waals surface area contributed by atoms with E-state index in [-0.39, 0.29) is 0 Å². The monoisotopic (exact) mass is 346 g/mol. The fourth-order valence-electron chi connectivity index (χ4n) is 1.11. The predicted molar refractivity (Wildman–Crippen MR) is 66.4 cm³/mol. The highest BCUT2D eigenvalue weighted by atomic mass is 127. The van der Waals surface area contributed by atoms with Crippen molar-refractivity contribution in [3.05, 3.63) is 12.7 Å². The van der Waals surface area contributed by atoms with Gasteiger partial charge in [0.05, 0.1) is 6.61 Å². The van der Waals surface area contributed by atoms with Gasteiger partial charge >= 0.3 is 0 Å². The average molecular weight is 347 g/mol. The fraction of sp³-hybridized carbons (Fsp3) is 0.778. The first-order valence-corrected chi connectivity index (χ1v) is 6.17. The maximum atomic E-state index is 5.15. The van der Waals surface area contributed by atoms with Crippen LogP contribution in [0.1, 0.15) is 13.3 Å². The lowest BCUT2D eigenvalue weighted by molar-refractivity contribution is 0.153. The molecule has 3 atom stereocenters. The zero-order valence-corrected chi connectivity index (χ0v) is 11.3. The summed E-state index contributed by atoms with van der Waals surface area (Å²) in [5.74, 6) is 0.572. The van der Waals surface area contributed by atoms with E-state index < -0.39 is 0 Å². The molecule has 1 nitrogen and oxygen atoms in total. The van der Waals surface area contributed by atoms with Crippen molar-refractivity contribution in [1.82, 2.24) is 0 Å². The van der Waals surface area contributed by atoms with Gasteiger partial charge in [0.1, 0.15) is 0 Å². The molecule has 0 spiro atoms. The molecule has 0 aromatic rings. The molecule has 0 amide bonds. The number of methoxy groups -OCH3 is 1. The topological polar surface area (TPSA) is 9.23 Å². The van der Waals surface area contributed by atoms with Gasteiger partial charge in [0.25, 0.3) is 0 Å². The van der Waals surface area contributed by atoms with Crippen LogP contribution in [0.5, 0.6) is 0 Å². The third kappa shape index (κ3) is 5.54. The Morgan fingerprint density at radius 1 is 1.67 bits per heavy atom. The van der Waals surface area contributed by atoms with Crippen molar-refractivity contribution >= 4 is 38.5 Å². The highest BCUT2D eigenvalue weighted by molar-refractivity contribution is 14.1. The minimum atomic E-state index is 0.502. The first kappa shape index (κ1) is 12.9. The quantitative estimate of drug-likeness (QED) is 0.407. The number of alkyl halides is 2. The molecule has 0 heterocycles. The van der Waals surface area contributed by atoms with Crippen molar-refractivity contribution in [3.63, 3.8) is 0 Å². The van der Waals surface area contributed by atoms with Gasteiger partial charge in [0.15, 0.2) is 0 Å². The Labute approximate surface area is 97.2 Å². The number of rotatable bonds is 6. The molecule has 0 aromatic heterocycles. The van der Waals surface area contributed by atoms with Gasteiger partial charge in [-0.05, 0) is 12.3 Å². The van der Waals surface area contributed by atoms with E-state index in [0.29, 0.717) is 14.7 Å². The van der Waals surface area contributed by atoms with Crippen LogP contribution in [0.3, 0.4) is 0 Å². The molecule has 0 fully saturated rings. The molecule has 0 radical (unpaired) electrons. The first-order valence-electron chi connectivity index (χ1n) is 4.01. The van der Waals surface area contributed by atoms with Gasteiger partial charge in [-0.2, -0.15) is 0 Å². The Morgan fingerprint density at radius 3 is 2.58 bits per heavy atom. The number of hydrogen-bond acceptors (Lipinski definition) is 1. The summed E-state index contributed by atoms with van der Waals surface area (Å²) in [7, 11) is 1.75. The molecule has 0 saturated carbocycles. The predicted octanol–water partition coefficient (Wildman–Crippen LogP) is 3.41. The molecule has 0 N–H and O–H groups in total. The van der Waals surface area contributed by atoms with Crippen molar-refractivity contribution in [2.24, 2.45) is 5.92 Å². The number of allylic oxidation sites excluding steroid dienone is 1. The molecule has 3 unspecified atom stereocenters. The molecule has 72 valence electrons. The summed E-state index contributed by atoms with van der Waals surface area (Å²) in [6.45, 7) is 6.77. The molecule has 0 rings (SSSR count). The second kappa shape index (κ2) is 7.33. The van der Waals surface area contributed by atoms with Crippen LogP contribution in [0.4, 0.5) is 0 Å². The second-order valence-electron chi connectivity index (χ2n) is 2.91. The standard InChI is InChI=1S/C9H16BrIO/c1-4-9(11)8(6-12-3)5-7(2)10/h4,7-9H,1,5-6H2,2-3H3. The van der Waals surface area contributed by atoms with E-state index in [1.165, 1.54) is 0 Å². The highest BCUT2D eigenvalue weighted by Crippen LogP contribution is 2.23. The number of ether oxygens (including phenoxy) is 1. The Hall–Kier alpha value is 0.910. The van der Waals surface area contributed by atoms with Gasteiger partial charge < -0.3 is 4.74 Å². The minimum absolute atomic E-state index is 0.502. The summed E-state index contributed by atoms with van der Waals surface area (Å²) in [4.78, 5) is 0.551. The van der Waals surface area contributed by atoms with Crippen molar-refractivity contribution < 1.29 is 4.74 Å². The maximum absolute atomic E-state index is 5.15. The van der Waals surface area contributed by atoms with E-state index in [1.54, 1.807) is 7.11 Å². The molecule has 12 heavy (non-hydrogen) atoms. The lowest BCUT2D eigenvalue weighted by atomic mass is 10.0. The van der Waals surface area contributed by atoms with E-state index in [1.807, 2.05) is 6.08 Å². The molecule has 0 saturated heterocycles. The second-order valence-corrected chi connectivity index (χ2v) is 5.91. The number of halogens is 2. The molecular formula is C9H16BrIO. The van der Waals surface area contributed by atoms with Crippen LogP contribution < -0.4 is 0 Å². The third-order valence-electron chi connectivity index (χ3n) is 1.68. The molecule has 0 aliphatic heterocycles. The minimum Gasteiger partial charge on any atom is -0.384 e. The van der Waals surface area contributed by atoms with E-state index >= 15 is 0 Å². The summed E-state index contributed by atoms with van der Waals surface area (Å²) < 4.78 is 5.66. The Balaban J connectivity index is 3.93. The summed E-state index contributed by atoms with van der Waals surface area (Å²) in [6.07, 6.45) is 3.12. The van der Waals surface area contributed by atoms with Crippen LogP contribution in [0.15, 0.2) is 12.7 Å². The maximum Gasteiger partial charge on any atom is 0.0503 e. The zero-order chi connectivity index (χ0) is 9.56. The van der Waals surface area contributed by atoms with Crippen molar-refractivity contribution in [2.45, 2.75) is 22.1 Å². The largest absolute Gasteiger partial charge is 0.384 e. The van der Waals surface area contributed by atoms with Gasteiger partial charge in [-0.1, -0.05) is 51.5 Å². The van der Waals surface area contributed by atoms with E-state index in [2.05, 4.69) is 52.0 Å². The lowest BCUT2D eigenvalue weighted by Crippen LogP contribution is -2.20. The van der Waals surface area contributed by atoms with Gasteiger partial charge in [-0.3, -0.25) is 0 Å². The smallest absolute Gasteiger partial charge is 0.0503 e. The molecule has 0 aromatic carbocycles. The van der Waals surface area contributed by atoms with E-state index in [4.69, 9.17) is 4.74 Å². The molecular weight excluding hydrogens is 331 g/mol. The van der Waals surface area contributed by atoms with E-state index in [9.17, 15) is 0 Å². The average Bonchev–Trinajstić information content (AvgIpc) is 2.01. The van der Waals surface area contributed by atoms with Crippen LogP contribution in [0.2, 0.25) is 0 Å². The van der Waals surface area contributed by atoms with Crippen LogP contribution in [-0.4, -0.2) is 22.5 Å². The summed E-state index contributed by atoms with van der Waals surface area (Å²) >= 11 is 5.95. The van der Waals surface area contributed by atoms with Crippen molar-refractivity contribution in [3.8, 4) is 0 Å². The lowest BCUT2D eigenvalue weighted by Gasteiger charge is -2.20. The Bertz CT molecular complexity index is 128. The normalized spacial score (nSPS) is 18.3. The summed E-state index contributed by atoms with van der Waals surface area (Å²) in [6, 6.07) is 0. The highest BCUT2D eigenvalue weighted by Gasteiger charge is 2.17. The molecule has 0 aliphatic rings. The SMILES string of the molecule is C=CC(I)C(COC)CC(C)Br. The van der Waals surface area contributed by atoms with Crippen LogP contribution in [-0.2, 0) is 4.74 Å². The van der Waals surface area contributed by atoms with Gasteiger partial charge in [0, 0.05) is 15.9 Å². The van der Waals surface area contributed by atoms with Crippen molar-refractivity contribution in [2.75, 3.05) is 13.7 Å². The molecule has 0 bridgehead atoms. The Kier molecular flexibility index (Phi) is 7.88. The number of hydrogen-bond donors (Lipinski definition) is 0. The van der Waals surface area contributed by atoms with Crippen LogP contribution in [0, 0.1) is 5.92 Å².